The van der Waals surface area contributed by atoms with Gasteiger partial charge in [0.1, 0.15) is 5.57 Å². The van der Waals surface area contributed by atoms with Crippen LogP contribution in [0.3, 0.4) is 0 Å². The Morgan fingerprint density at radius 1 is 1.00 bits per heavy atom. The molecule has 4 rings (SSSR count). The Morgan fingerprint density at radius 3 is 2.30 bits per heavy atom. The molecule has 7 heteroatoms. The Kier molecular flexibility index (Phi) is 5.89. The monoisotopic (exact) mass is 444 g/mol. The molecule has 2 amide bonds. The molecule has 0 spiro atoms. The van der Waals surface area contributed by atoms with Gasteiger partial charge in [0.15, 0.2) is 12.4 Å². The van der Waals surface area contributed by atoms with Crippen molar-refractivity contribution >= 4 is 23.1 Å². The van der Waals surface area contributed by atoms with Gasteiger partial charge in [-0.2, -0.15) is 9.67 Å². The summed E-state index contributed by atoms with van der Waals surface area (Å²) < 4.78 is 2.97. The van der Waals surface area contributed by atoms with Gasteiger partial charge in [0.05, 0.1) is 11.4 Å². The van der Waals surface area contributed by atoms with Crippen LogP contribution in [0.25, 0.3) is 17.0 Å². The van der Waals surface area contributed by atoms with E-state index < -0.39 is 17.7 Å². The smallest absolute Gasteiger partial charge is 0.326 e. The minimum absolute atomic E-state index is 0.0874. The fourth-order valence-electron chi connectivity index (χ4n) is 4.09. The second-order valence-corrected chi connectivity index (χ2v) is 9.09. The van der Waals surface area contributed by atoms with Crippen molar-refractivity contribution in [3.05, 3.63) is 71.7 Å². The number of rotatable bonds is 6. The molecule has 170 valence electrons. The third-order valence-corrected chi connectivity index (χ3v) is 5.57. The average Bonchev–Trinajstić information content (AvgIpc) is 3.23. The Hall–Kier alpha value is -3.74. The molecule has 0 N–H and O–H groups in total. The number of aromatic nitrogens is 3. The number of hydrogen-bond acceptors (Lipinski definition) is 4. The third kappa shape index (κ3) is 3.95. The van der Waals surface area contributed by atoms with Crippen molar-refractivity contribution in [1.29, 1.82) is 0 Å². The molecule has 0 radical (unpaired) electrons. The largest absolute Gasteiger partial charge is 0.858 e. The van der Waals surface area contributed by atoms with Crippen molar-refractivity contribution in [3.8, 4) is 11.6 Å². The molecule has 2 aromatic heterocycles. The molecular formula is C26H28N4O3. The van der Waals surface area contributed by atoms with Crippen molar-refractivity contribution in [2.75, 3.05) is 6.54 Å². The normalized spacial score (nSPS) is 14.3. The van der Waals surface area contributed by atoms with E-state index in [1.165, 1.54) is 9.58 Å². The van der Waals surface area contributed by atoms with Gasteiger partial charge in [-0.15, -0.1) is 0 Å². The number of carbonyl (C=O) groups is 2. The quantitative estimate of drug-likeness (QED) is 0.432. The van der Waals surface area contributed by atoms with E-state index in [-0.39, 0.29) is 35.2 Å². The summed E-state index contributed by atoms with van der Waals surface area (Å²) in [6.45, 7) is 9.93. The number of pyridine rings is 1. The lowest BCUT2D eigenvalue weighted by Gasteiger charge is -2.17. The summed E-state index contributed by atoms with van der Waals surface area (Å²) in [5.74, 6) is -1.30. The molecule has 1 aliphatic heterocycles. The summed E-state index contributed by atoms with van der Waals surface area (Å²) in [6.07, 6.45) is 3.52. The van der Waals surface area contributed by atoms with E-state index >= 15 is 0 Å². The lowest BCUT2D eigenvalue weighted by molar-refractivity contribution is -0.577. The van der Waals surface area contributed by atoms with E-state index in [1.54, 1.807) is 29.1 Å². The molecule has 3 heterocycles. The van der Waals surface area contributed by atoms with Crippen LogP contribution in [0, 0.1) is 12.8 Å². The number of benzene rings is 1. The highest BCUT2D eigenvalue weighted by molar-refractivity contribution is 6.45. The zero-order valence-corrected chi connectivity index (χ0v) is 19.6. The van der Waals surface area contributed by atoms with Crippen molar-refractivity contribution < 1.29 is 19.3 Å². The van der Waals surface area contributed by atoms with Gasteiger partial charge in [-0.05, 0) is 42.8 Å². The van der Waals surface area contributed by atoms with Crippen molar-refractivity contribution in [1.82, 2.24) is 14.7 Å². The number of imide groups is 1. The first kappa shape index (κ1) is 22.5. The van der Waals surface area contributed by atoms with Gasteiger partial charge in [-0.3, -0.25) is 14.5 Å². The maximum atomic E-state index is 13.7. The fourth-order valence-corrected chi connectivity index (χ4v) is 4.09. The van der Waals surface area contributed by atoms with Crippen LogP contribution in [0.4, 0.5) is 0 Å². The standard InChI is InChI=1S/C26H28N4O3/c1-16(2)14-29-24(31)21(23(26(29)33)28-13-9-10-18(5)15-28)20-22(17(3)4)27-30(25(20)32)19-11-7-6-8-12-19/h6-13,15-17H,14H2,1-5H3. The number of amides is 2. The minimum atomic E-state index is -0.454. The summed E-state index contributed by atoms with van der Waals surface area (Å²) in [7, 11) is 0. The molecule has 7 nitrogen and oxygen atoms in total. The first-order valence-corrected chi connectivity index (χ1v) is 11.1. The minimum Gasteiger partial charge on any atom is -0.858 e. The lowest BCUT2D eigenvalue weighted by Crippen LogP contribution is -2.41. The Bertz CT molecular complexity index is 1260. The highest BCUT2D eigenvalue weighted by Crippen LogP contribution is 2.39. The molecule has 0 unspecified atom stereocenters. The average molecular weight is 445 g/mol. The summed E-state index contributed by atoms with van der Waals surface area (Å²) in [4.78, 5) is 28.4. The topological polar surface area (TPSA) is 82.1 Å². The molecule has 0 saturated heterocycles. The number of carbonyl (C=O) groups excluding carboxylic acids is 2. The van der Waals surface area contributed by atoms with E-state index in [1.807, 2.05) is 65.0 Å². The van der Waals surface area contributed by atoms with Crippen molar-refractivity contribution in [3.63, 3.8) is 0 Å². The fraction of sp³-hybridized carbons (Fsp3) is 0.308. The van der Waals surface area contributed by atoms with Crippen LogP contribution in [0.15, 0.2) is 54.9 Å². The molecule has 0 fully saturated rings. The predicted octanol–water partition coefficient (Wildman–Crippen LogP) is 3.06. The van der Waals surface area contributed by atoms with Crippen LogP contribution in [0.2, 0.25) is 0 Å². The third-order valence-electron chi connectivity index (χ3n) is 5.57. The summed E-state index contributed by atoms with van der Waals surface area (Å²) in [6, 6.07) is 12.8. The SMILES string of the molecule is Cc1ccc[n+](C2=C(c3c(C(C)C)nn(-c4ccccc4)c3[O-])C(=O)N(CC(C)C)C2=O)c1. The second-order valence-electron chi connectivity index (χ2n) is 9.09. The molecule has 0 saturated carbocycles. The van der Waals surface area contributed by atoms with E-state index in [0.717, 1.165) is 5.56 Å². The number of aryl methyl sites for hydroxylation is 1. The zero-order chi connectivity index (χ0) is 23.9. The van der Waals surface area contributed by atoms with Crippen LogP contribution >= 0.6 is 0 Å². The molecule has 1 aliphatic rings. The number of para-hydroxylation sites is 1. The first-order chi connectivity index (χ1) is 15.7. The highest BCUT2D eigenvalue weighted by atomic mass is 16.3. The van der Waals surface area contributed by atoms with E-state index in [4.69, 9.17) is 0 Å². The zero-order valence-electron chi connectivity index (χ0n) is 19.6. The van der Waals surface area contributed by atoms with Crippen LogP contribution in [-0.4, -0.2) is 33.0 Å². The van der Waals surface area contributed by atoms with Gasteiger partial charge < -0.3 is 5.11 Å². The molecule has 0 atom stereocenters. The van der Waals surface area contributed by atoms with Gasteiger partial charge in [0, 0.05) is 23.7 Å². The van der Waals surface area contributed by atoms with Crippen molar-refractivity contribution in [2.45, 2.75) is 40.5 Å². The molecule has 33 heavy (non-hydrogen) atoms. The Labute approximate surface area is 193 Å². The maximum absolute atomic E-state index is 13.7. The van der Waals surface area contributed by atoms with Crippen LogP contribution in [-0.2, 0) is 9.59 Å². The van der Waals surface area contributed by atoms with Gasteiger partial charge in [-0.25, -0.2) is 4.68 Å². The number of hydrogen-bond donors (Lipinski definition) is 0. The van der Waals surface area contributed by atoms with Gasteiger partial charge in [0.25, 0.3) is 11.6 Å². The summed E-state index contributed by atoms with van der Waals surface area (Å²) in [5.41, 5.74) is 2.54. The molecule has 1 aromatic carbocycles. The van der Waals surface area contributed by atoms with E-state index in [2.05, 4.69) is 5.10 Å². The van der Waals surface area contributed by atoms with Gasteiger partial charge in [0.2, 0.25) is 0 Å². The molecule has 0 aliphatic carbocycles. The predicted molar refractivity (Wildman–Crippen MR) is 123 cm³/mol. The van der Waals surface area contributed by atoms with Gasteiger partial charge in [-0.1, -0.05) is 45.9 Å². The lowest BCUT2D eigenvalue weighted by atomic mass is 9.98. The first-order valence-electron chi connectivity index (χ1n) is 11.1. The van der Waals surface area contributed by atoms with Gasteiger partial charge >= 0.3 is 5.91 Å². The highest BCUT2D eigenvalue weighted by Gasteiger charge is 2.47. The van der Waals surface area contributed by atoms with E-state index in [0.29, 0.717) is 11.4 Å². The summed E-state index contributed by atoms with van der Waals surface area (Å²) >= 11 is 0. The number of nitrogens with zero attached hydrogens (tertiary/aromatic N) is 4. The Morgan fingerprint density at radius 2 is 1.70 bits per heavy atom. The summed E-state index contributed by atoms with van der Waals surface area (Å²) in [5, 5.41) is 18.3. The van der Waals surface area contributed by atoms with Crippen LogP contribution in [0.1, 0.15) is 50.4 Å². The molecule has 3 aromatic rings. The second kappa shape index (κ2) is 8.65. The van der Waals surface area contributed by atoms with Crippen LogP contribution < -0.4 is 9.67 Å². The molecular weight excluding hydrogens is 416 g/mol. The molecule has 0 bridgehead atoms. The maximum Gasteiger partial charge on any atom is 0.326 e. The van der Waals surface area contributed by atoms with Crippen molar-refractivity contribution in [2.24, 2.45) is 5.92 Å². The van der Waals surface area contributed by atoms with Crippen LogP contribution in [0.5, 0.6) is 5.88 Å². The van der Waals surface area contributed by atoms with E-state index in [9.17, 15) is 14.7 Å². The Balaban J connectivity index is 2.02.